The molecule has 0 radical (unpaired) electrons. The summed E-state index contributed by atoms with van der Waals surface area (Å²) in [6, 6.07) is 0. The Kier molecular flexibility index (Phi) is 35.2. The highest BCUT2D eigenvalue weighted by Crippen LogP contribution is 2.11. The molecule has 0 rings (SSSR count). The number of carbonyl (C=O) groups is 3. The van der Waals surface area contributed by atoms with E-state index in [1.807, 2.05) is 12.2 Å². The maximum Gasteiger partial charge on any atom is 0.306 e. The van der Waals surface area contributed by atoms with Gasteiger partial charge < -0.3 is 14.2 Å². The van der Waals surface area contributed by atoms with Crippen molar-refractivity contribution in [3.05, 3.63) is 72.9 Å². The number of allylic oxidation sites excluding steroid dienone is 12. The summed E-state index contributed by atoms with van der Waals surface area (Å²) in [4.78, 5) is 37.1. The molecule has 0 spiro atoms. The van der Waals surface area contributed by atoms with Gasteiger partial charge in [0.25, 0.3) is 0 Å². The van der Waals surface area contributed by atoms with Gasteiger partial charge in [0.05, 0.1) is 0 Å². The zero-order valence-corrected chi connectivity index (χ0v) is 31.4. The molecule has 0 aromatic heterocycles. The fourth-order valence-corrected chi connectivity index (χ4v) is 4.82. The predicted octanol–water partition coefficient (Wildman–Crippen LogP) is 12.0. The molecule has 1 atom stereocenters. The number of esters is 3. The molecule has 0 aliphatic heterocycles. The molecule has 0 saturated heterocycles. The Bertz CT molecular complexity index is 971. The average Bonchev–Trinajstić information content (AvgIpc) is 3.09. The van der Waals surface area contributed by atoms with Crippen molar-refractivity contribution in [3.63, 3.8) is 0 Å². The van der Waals surface area contributed by atoms with Crippen LogP contribution >= 0.6 is 0 Å². The summed E-state index contributed by atoms with van der Waals surface area (Å²) in [6.07, 6.45) is 45.1. The molecule has 0 N–H and O–H groups in total. The topological polar surface area (TPSA) is 78.9 Å². The van der Waals surface area contributed by atoms with E-state index in [9.17, 15) is 14.4 Å². The van der Waals surface area contributed by atoms with Gasteiger partial charge in [-0.05, 0) is 57.8 Å². The van der Waals surface area contributed by atoms with Crippen LogP contribution in [0.15, 0.2) is 72.9 Å². The lowest BCUT2D eigenvalue weighted by Crippen LogP contribution is -2.30. The SMILES string of the molecule is CC/C=C\C/C=C\C/C=C\C/C=C\C/C=C\C/C=C\CCC(=O)OCC(COC(=O)CCCCCCC)OC(=O)CCCCCCCCC. The third-order valence-electron chi connectivity index (χ3n) is 7.74. The van der Waals surface area contributed by atoms with Crippen LogP contribution in [0.2, 0.25) is 0 Å². The summed E-state index contributed by atoms with van der Waals surface area (Å²) in [5, 5.41) is 0. The van der Waals surface area contributed by atoms with E-state index in [4.69, 9.17) is 14.2 Å². The van der Waals surface area contributed by atoms with Crippen molar-refractivity contribution in [1.82, 2.24) is 0 Å². The Hall–Kier alpha value is -3.15. The largest absolute Gasteiger partial charge is 0.462 e. The molecule has 278 valence electrons. The van der Waals surface area contributed by atoms with Gasteiger partial charge in [0, 0.05) is 19.3 Å². The first-order valence-electron chi connectivity index (χ1n) is 19.4. The van der Waals surface area contributed by atoms with Gasteiger partial charge in [0.1, 0.15) is 13.2 Å². The van der Waals surface area contributed by atoms with Gasteiger partial charge >= 0.3 is 17.9 Å². The van der Waals surface area contributed by atoms with Crippen molar-refractivity contribution in [2.45, 2.75) is 168 Å². The van der Waals surface area contributed by atoms with Crippen molar-refractivity contribution in [2.75, 3.05) is 13.2 Å². The van der Waals surface area contributed by atoms with E-state index in [0.29, 0.717) is 19.3 Å². The lowest BCUT2D eigenvalue weighted by Gasteiger charge is -2.18. The van der Waals surface area contributed by atoms with Crippen LogP contribution < -0.4 is 0 Å². The molecule has 0 bridgehead atoms. The molecule has 0 aromatic rings. The summed E-state index contributed by atoms with van der Waals surface area (Å²) in [5.74, 6) is -1.02. The smallest absolute Gasteiger partial charge is 0.306 e. The van der Waals surface area contributed by atoms with Crippen molar-refractivity contribution in [1.29, 1.82) is 0 Å². The normalized spacial score (nSPS) is 12.8. The second-order valence-electron chi connectivity index (χ2n) is 12.5. The molecule has 1 unspecified atom stereocenters. The van der Waals surface area contributed by atoms with Crippen LogP contribution in [-0.2, 0) is 28.6 Å². The standard InChI is InChI=1S/C43H70O6/c1-4-7-10-13-15-16-17-18-19-20-21-22-23-24-25-26-28-30-33-36-42(45)48-39-40(38-47-41(44)35-32-29-12-9-6-3)49-43(46)37-34-31-27-14-11-8-5-2/h7,10,15-16,18-19,21-22,24-25,28,30,40H,4-6,8-9,11-14,17,20,23,26-27,29,31-39H2,1-3H3/b10-7-,16-15-,19-18-,22-21-,25-24-,30-28-. The molecule has 0 saturated carbocycles. The van der Waals surface area contributed by atoms with E-state index in [-0.39, 0.29) is 37.5 Å². The van der Waals surface area contributed by atoms with Crippen molar-refractivity contribution < 1.29 is 28.6 Å². The van der Waals surface area contributed by atoms with E-state index in [0.717, 1.165) is 89.9 Å². The van der Waals surface area contributed by atoms with Gasteiger partial charge in [-0.3, -0.25) is 14.4 Å². The Morgan fingerprint density at radius 2 is 0.796 bits per heavy atom. The summed E-state index contributed by atoms with van der Waals surface area (Å²) < 4.78 is 16.4. The van der Waals surface area contributed by atoms with E-state index < -0.39 is 6.10 Å². The average molecular weight is 683 g/mol. The molecular formula is C43H70O6. The maximum absolute atomic E-state index is 12.5. The molecule has 0 aromatic carbocycles. The molecule has 6 nitrogen and oxygen atoms in total. The summed E-state index contributed by atoms with van der Waals surface area (Å²) in [5.41, 5.74) is 0. The molecule has 0 aliphatic rings. The first-order chi connectivity index (χ1) is 24.0. The third-order valence-corrected chi connectivity index (χ3v) is 7.74. The van der Waals surface area contributed by atoms with Gasteiger partial charge in [0.15, 0.2) is 6.10 Å². The number of unbranched alkanes of at least 4 members (excludes halogenated alkanes) is 10. The molecule has 0 fully saturated rings. The minimum atomic E-state index is -0.795. The molecule has 0 amide bonds. The van der Waals surface area contributed by atoms with Gasteiger partial charge in [-0.1, -0.05) is 158 Å². The Balaban J connectivity index is 4.34. The first-order valence-corrected chi connectivity index (χ1v) is 19.4. The number of hydrogen-bond acceptors (Lipinski definition) is 6. The minimum absolute atomic E-state index is 0.100. The van der Waals surface area contributed by atoms with Crippen LogP contribution in [0.1, 0.15) is 162 Å². The Labute approximate surface area is 300 Å². The molecule has 6 heteroatoms. The number of hydrogen-bond donors (Lipinski definition) is 0. The van der Waals surface area contributed by atoms with Crippen molar-refractivity contribution in [2.24, 2.45) is 0 Å². The number of ether oxygens (including phenoxy) is 3. The molecule has 0 aliphatic carbocycles. The molecular weight excluding hydrogens is 612 g/mol. The van der Waals surface area contributed by atoms with E-state index in [2.05, 4.69) is 81.5 Å². The summed E-state index contributed by atoms with van der Waals surface area (Å²) >= 11 is 0. The number of rotatable bonds is 33. The van der Waals surface area contributed by atoms with Crippen LogP contribution in [0.25, 0.3) is 0 Å². The highest BCUT2D eigenvalue weighted by Gasteiger charge is 2.19. The van der Waals surface area contributed by atoms with Crippen LogP contribution in [0.5, 0.6) is 0 Å². The highest BCUT2D eigenvalue weighted by atomic mass is 16.6. The Morgan fingerprint density at radius 1 is 0.429 bits per heavy atom. The lowest BCUT2D eigenvalue weighted by molar-refractivity contribution is -0.166. The lowest BCUT2D eigenvalue weighted by atomic mass is 10.1. The quantitative estimate of drug-likeness (QED) is 0.0297. The van der Waals surface area contributed by atoms with Crippen LogP contribution in [0.3, 0.4) is 0 Å². The van der Waals surface area contributed by atoms with Crippen LogP contribution in [-0.4, -0.2) is 37.2 Å². The van der Waals surface area contributed by atoms with Gasteiger partial charge in [-0.15, -0.1) is 0 Å². The zero-order chi connectivity index (χ0) is 35.9. The predicted molar refractivity (Wildman–Crippen MR) is 205 cm³/mol. The first kappa shape index (κ1) is 45.9. The summed E-state index contributed by atoms with van der Waals surface area (Å²) in [7, 11) is 0. The highest BCUT2D eigenvalue weighted by molar-refractivity contribution is 5.71. The maximum atomic E-state index is 12.5. The monoisotopic (exact) mass is 683 g/mol. The van der Waals surface area contributed by atoms with Gasteiger partial charge in [-0.2, -0.15) is 0 Å². The van der Waals surface area contributed by atoms with Crippen LogP contribution in [0.4, 0.5) is 0 Å². The van der Waals surface area contributed by atoms with Crippen molar-refractivity contribution in [3.8, 4) is 0 Å². The second kappa shape index (κ2) is 37.7. The van der Waals surface area contributed by atoms with E-state index in [1.165, 1.54) is 25.7 Å². The fraction of sp³-hybridized carbons (Fsp3) is 0.651. The van der Waals surface area contributed by atoms with Crippen LogP contribution in [0, 0.1) is 0 Å². The summed E-state index contributed by atoms with van der Waals surface area (Å²) in [6.45, 7) is 6.28. The zero-order valence-electron chi connectivity index (χ0n) is 31.4. The Morgan fingerprint density at radius 3 is 1.24 bits per heavy atom. The van der Waals surface area contributed by atoms with E-state index in [1.54, 1.807) is 0 Å². The molecule has 49 heavy (non-hydrogen) atoms. The second-order valence-corrected chi connectivity index (χ2v) is 12.5. The van der Waals surface area contributed by atoms with Gasteiger partial charge in [-0.25, -0.2) is 0 Å². The minimum Gasteiger partial charge on any atom is -0.462 e. The molecule has 0 heterocycles. The van der Waals surface area contributed by atoms with E-state index >= 15 is 0 Å². The van der Waals surface area contributed by atoms with Gasteiger partial charge in [0.2, 0.25) is 0 Å². The number of carbonyl (C=O) groups excluding carboxylic acids is 3. The van der Waals surface area contributed by atoms with Crippen molar-refractivity contribution >= 4 is 17.9 Å². The third kappa shape index (κ3) is 36.0. The fourth-order valence-electron chi connectivity index (χ4n) is 4.82.